The topological polar surface area (TPSA) is 37.4 Å². The van der Waals surface area contributed by atoms with Gasteiger partial charge in [-0.2, -0.15) is 15.6 Å². The molecule has 0 fully saturated rings. The van der Waals surface area contributed by atoms with E-state index in [0.29, 0.717) is 0 Å². The monoisotopic (exact) mass is 285 g/mol. The summed E-state index contributed by atoms with van der Waals surface area (Å²) in [6.45, 7) is 0.280. The maximum Gasteiger partial charge on any atom is 0.243 e. The van der Waals surface area contributed by atoms with Crippen LogP contribution in [0.4, 0.5) is 4.39 Å². The van der Waals surface area contributed by atoms with Gasteiger partial charge in [-0.05, 0) is 40.6 Å². The van der Waals surface area contributed by atoms with E-state index in [9.17, 15) is 12.8 Å². The molecule has 18 heavy (non-hydrogen) atoms. The quantitative estimate of drug-likeness (QED) is 0.866. The summed E-state index contributed by atoms with van der Waals surface area (Å²) in [5.74, 6) is -0.556. The number of benzene rings is 1. The van der Waals surface area contributed by atoms with Crippen LogP contribution in [0.3, 0.4) is 0 Å². The van der Waals surface area contributed by atoms with Gasteiger partial charge in [-0.15, -0.1) is 0 Å². The lowest BCUT2D eigenvalue weighted by Gasteiger charge is -2.16. The smallest absolute Gasteiger partial charge is 0.207 e. The zero-order chi connectivity index (χ0) is 13.2. The SMILES string of the molecule is CN(Cc1ccsc1)S(=O)(=O)c1cccc(F)c1. The zero-order valence-corrected chi connectivity index (χ0v) is 11.3. The first-order chi connectivity index (χ1) is 8.50. The van der Waals surface area contributed by atoms with Crippen LogP contribution < -0.4 is 0 Å². The second-order valence-electron chi connectivity index (χ2n) is 3.85. The number of hydrogen-bond donors (Lipinski definition) is 0. The van der Waals surface area contributed by atoms with E-state index < -0.39 is 15.8 Å². The van der Waals surface area contributed by atoms with E-state index in [0.717, 1.165) is 11.6 Å². The fourth-order valence-corrected chi connectivity index (χ4v) is 3.38. The van der Waals surface area contributed by atoms with Gasteiger partial charge in [0.05, 0.1) is 4.90 Å². The third-order valence-corrected chi connectivity index (χ3v) is 5.02. The molecule has 0 saturated heterocycles. The summed E-state index contributed by atoms with van der Waals surface area (Å²) < 4.78 is 38.6. The van der Waals surface area contributed by atoms with Crippen molar-refractivity contribution in [2.75, 3.05) is 7.05 Å². The van der Waals surface area contributed by atoms with Crippen molar-refractivity contribution in [3.05, 3.63) is 52.5 Å². The van der Waals surface area contributed by atoms with Gasteiger partial charge in [0.15, 0.2) is 0 Å². The molecule has 96 valence electrons. The van der Waals surface area contributed by atoms with Gasteiger partial charge >= 0.3 is 0 Å². The Hall–Kier alpha value is -1.24. The molecule has 0 N–H and O–H groups in total. The van der Waals surface area contributed by atoms with Gasteiger partial charge in [-0.3, -0.25) is 0 Å². The second-order valence-corrected chi connectivity index (χ2v) is 6.67. The van der Waals surface area contributed by atoms with Crippen LogP contribution in [0.2, 0.25) is 0 Å². The summed E-state index contributed by atoms with van der Waals surface area (Å²) in [5.41, 5.74) is 0.919. The number of nitrogens with zero attached hydrogens (tertiary/aromatic N) is 1. The molecule has 0 unspecified atom stereocenters. The molecule has 0 spiro atoms. The van der Waals surface area contributed by atoms with Crippen molar-refractivity contribution in [3.63, 3.8) is 0 Å². The molecule has 2 rings (SSSR count). The average Bonchev–Trinajstić information content (AvgIpc) is 2.81. The Bertz CT molecular complexity index is 623. The Kier molecular flexibility index (Phi) is 3.79. The highest BCUT2D eigenvalue weighted by atomic mass is 32.2. The molecule has 0 bridgehead atoms. The van der Waals surface area contributed by atoms with Crippen molar-refractivity contribution < 1.29 is 12.8 Å². The highest BCUT2D eigenvalue weighted by Gasteiger charge is 2.21. The number of hydrogen-bond acceptors (Lipinski definition) is 3. The predicted octanol–water partition coefficient (Wildman–Crippen LogP) is 2.71. The Morgan fingerprint density at radius 2 is 2.11 bits per heavy atom. The molecule has 2 aromatic rings. The molecule has 0 aliphatic heterocycles. The minimum atomic E-state index is -3.64. The van der Waals surface area contributed by atoms with E-state index in [2.05, 4.69) is 0 Å². The first-order valence-electron chi connectivity index (χ1n) is 5.23. The molecule has 0 amide bonds. The molecule has 0 radical (unpaired) electrons. The van der Waals surface area contributed by atoms with Gasteiger partial charge in [-0.25, -0.2) is 12.8 Å². The molecule has 0 atom stereocenters. The minimum Gasteiger partial charge on any atom is -0.207 e. The van der Waals surface area contributed by atoms with E-state index in [1.165, 1.54) is 40.9 Å². The number of halogens is 1. The standard InChI is InChI=1S/C12H12FNO2S2/c1-14(8-10-5-6-17-9-10)18(15,16)12-4-2-3-11(13)7-12/h2-7,9H,8H2,1H3. The third-order valence-electron chi connectivity index (χ3n) is 2.49. The van der Waals surface area contributed by atoms with Crippen molar-refractivity contribution in [2.45, 2.75) is 11.4 Å². The average molecular weight is 285 g/mol. The number of sulfonamides is 1. The largest absolute Gasteiger partial charge is 0.243 e. The highest BCUT2D eigenvalue weighted by Crippen LogP contribution is 2.18. The molecule has 1 aromatic carbocycles. The fourth-order valence-electron chi connectivity index (χ4n) is 1.53. The molecule has 3 nitrogen and oxygen atoms in total. The predicted molar refractivity (Wildman–Crippen MR) is 69.4 cm³/mol. The molecule has 0 aliphatic rings. The van der Waals surface area contributed by atoms with Crippen LogP contribution in [0.15, 0.2) is 46.0 Å². The zero-order valence-electron chi connectivity index (χ0n) is 9.71. The summed E-state index contributed by atoms with van der Waals surface area (Å²) in [6, 6.07) is 6.89. The van der Waals surface area contributed by atoms with Crippen LogP contribution in [-0.2, 0) is 16.6 Å². The van der Waals surface area contributed by atoms with Gasteiger partial charge in [0.25, 0.3) is 0 Å². The Morgan fingerprint density at radius 1 is 1.33 bits per heavy atom. The summed E-state index contributed by atoms with van der Waals surface area (Å²) in [5, 5.41) is 3.77. The lowest BCUT2D eigenvalue weighted by atomic mass is 10.3. The van der Waals surface area contributed by atoms with E-state index in [-0.39, 0.29) is 11.4 Å². The molecular weight excluding hydrogens is 273 g/mol. The molecule has 0 saturated carbocycles. The van der Waals surface area contributed by atoms with Crippen molar-refractivity contribution in [1.82, 2.24) is 4.31 Å². The van der Waals surface area contributed by atoms with E-state index in [4.69, 9.17) is 0 Å². The summed E-state index contributed by atoms with van der Waals surface area (Å²) in [4.78, 5) is -0.0276. The highest BCUT2D eigenvalue weighted by molar-refractivity contribution is 7.89. The second kappa shape index (κ2) is 5.17. The van der Waals surface area contributed by atoms with Gasteiger partial charge in [0, 0.05) is 13.6 Å². The normalized spacial score (nSPS) is 11.9. The Balaban J connectivity index is 2.25. The fraction of sp³-hybridized carbons (Fsp3) is 0.167. The van der Waals surface area contributed by atoms with Crippen LogP contribution in [-0.4, -0.2) is 19.8 Å². The van der Waals surface area contributed by atoms with Crippen LogP contribution in [0.5, 0.6) is 0 Å². The van der Waals surface area contributed by atoms with Crippen LogP contribution in [0, 0.1) is 5.82 Å². The van der Waals surface area contributed by atoms with Gasteiger partial charge in [0.1, 0.15) is 5.82 Å². The van der Waals surface area contributed by atoms with E-state index in [1.807, 2.05) is 16.8 Å². The van der Waals surface area contributed by atoms with Gasteiger partial charge < -0.3 is 0 Å². The maximum atomic E-state index is 13.1. The number of rotatable bonds is 4. The van der Waals surface area contributed by atoms with Gasteiger partial charge in [-0.1, -0.05) is 6.07 Å². The van der Waals surface area contributed by atoms with Crippen molar-refractivity contribution in [2.24, 2.45) is 0 Å². The lowest BCUT2D eigenvalue weighted by molar-refractivity contribution is 0.466. The number of thiophene rings is 1. The summed E-state index contributed by atoms with van der Waals surface area (Å²) in [7, 11) is -2.16. The first-order valence-corrected chi connectivity index (χ1v) is 7.61. The maximum absolute atomic E-state index is 13.1. The van der Waals surface area contributed by atoms with Gasteiger partial charge in [0.2, 0.25) is 10.0 Å². The van der Waals surface area contributed by atoms with Crippen molar-refractivity contribution in [3.8, 4) is 0 Å². The van der Waals surface area contributed by atoms with Crippen molar-refractivity contribution >= 4 is 21.4 Å². The Morgan fingerprint density at radius 3 is 2.72 bits per heavy atom. The molecule has 0 aliphatic carbocycles. The van der Waals surface area contributed by atoms with Crippen LogP contribution >= 0.6 is 11.3 Å². The van der Waals surface area contributed by atoms with E-state index >= 15 is 0 Å². The summed E-state index contributed by atoms with van der Waals surface area (Å²) in [6.07, 6.45) is 0. The first kappa shape index (κ1) is 13.2. The molecule has 1 aromatic heterocycles. The minimum absolute atomic E-state index is 0.0276. The van der Waals surface area contributed by atoms with E-state index in [1.54, 1.807) is 0 Å². The Labute approximate surface area is 110 Å². The lowest BCUT2D eigenvalue weighted by Crippen LogP contribution is -2.26. The molecule has 1 heterocycles. The third kappa shape index (κ3) is 2.77. The van der Waals surface area contributed by atoms with Crippen LogP contribution in [0.1, 0.15) is 5.56 Å². The van der Waals surface area contributed by atoms with Crippen molar-refractivity contribution in [1.29, 1.82) is 0 Å². The summed E-state index contributed by atoms with van der Waals surface area (Å²) >= 11 is 1.51. The molecular formula is C12H12FNO2S2. The molecule has 6 heteroatoms. The van der Waals surface area contributed by atoms with Crippen LogP contribution in [0.25, 0.3) is 0 Å².